The van der Waals surface area contributed by atoms with E-state index < -0.39 is 34.4 Å². The quantitative estimate of drug-likeness (QED) is 0.309. The normalized spacial score (nSPS) is 28.2. The fourth-order valence-corrected chi connectivity index (χ4v) is 3.07. The van der Waals surface area contributed by atoms with Crippen molar-refractivity contribution in [2.24, 2.45) is 11.7 Å². The second-order valence-electron chi connectivity index (χ2n) is 5.07. The molecule has 0 radical (unpaired) electrons. The molecule has 0 aromatic carbocycles. The number of hydrogen-bond donors (Lipinski definition) is 2. The maximum atomic E-state index is 12.1. The Bertz CT molecular complexity index is 622. The summed E-state index contributed by atoms with van der Waals surface area (Å²) in [6.07, 6.45) is 3.41. The molecule has 0 aromatic rings. The van der Waals surface area contributed by atoms with Gasteiger partial charge in [-0.05, 0) is 24.3 Å². The topological polar surface area (TPSA) is 130 Å². The number of carbonyl (C=O) groups is 2. The van der Waals surface area contributed by atoms with Crippen molar-refractivity contribution < 1.29 is 57.8 Å². The summed E-state index contributed by atoms with van der Waals surface area (Å²) < 4.78 is 34.8. The minimum Gasteiger partial charge on any atom is -0.368 e. The van der Waals surface area contributed by atoms with Crippen molar-refractivity contribution in [3.63, 3.8) is 0 Å². The second kappa shape index (κ2) is 5.52. The molecule has 2 heterocycles. The number of nitrogens with zero attached hydrogens (tertiary/aromatic N) is 2. The monoisotopic (exact) mass is 327 g/mol. The average Bonchev–Trinajstić information content (AvgIpc) is 3.13. The van der Waals surface area contributed by atoms with Crippen LogP contribution < -0.4 is 35.3 Å². The number of amides is 3. The van der Waals surface area contributed by atoms with E-state index in [4.69, 9.17) is 10.3 Å². The first-order valence-electron chi connectivity index (χ1n) is 6.05. The number of urea groups is 1. The number of primary amides is 1. The molecular formula is C10H14N3NaO6S+2. The maximum Gasteiger partial charge on any atom is 1.00 e. The predicted octanol–water partition coefficient (Wildman–Crippen LogP) is -3.85. The van der Waals surface area contributed by atoms with Gasteiger partial charge in [0.15, 0.2) is 0 Å². The van der Waals surface area contributed by atoms with Crippen LogP contribution in [0, 0.1) is 5.92 Å². The van der Waals surface area contributed by atoms with E-state index in [0.29, 0.717) is 5.06 Å². The van der Waals surface area contributed by atoms with Gasteiger partial charge >= 0.3 is 47.4 Å². The van der Waals surface area contributed by atoms with Crippen molar-refractivity contribution in [2.75, 3.05) is 6.54 Å². The summed E-state index contributed by atoms with van der Waals surface area (Å²) >= 11 is 0. The molecule has 2 bridgehead atoms. The van der Waals surface area contributed by atoms with Crippen LogP contribution in [0.1, 0.15) is 14.3 Å². The third-order valence-electron chi connectivity index (χ3n) is 3.67. The summed E-state index contributed by atoms with van der Waals surface area (Å²) in [5, 5.41) is 0.600. The molecule has 0 aromatic heterocycles. The Morgan fingerprint density at radius 2 is 2.10 bits per heavy atom. The number of hydrogen-bond acceptors (Lipinski definition) is 5. The van der Waals surface area contributed by atoms with Crippen LogP contribution in [-0.4, -0.2) is 53.5 Å². The zero-order valence-electron chi connectivity index (χ0n) is 12.3. The summed E-state index contributed by atoms with van der Waals surface area (Å²) in [5.41, 5.74) is 6.03. The number of fused-ring (bicyclic) bond motifs is 2. The summed E-state index contributed by atoms with van der Waals surface area (Å²) in [6, 6.07) is -2.33. The van der Waals surface area contributed by atoms with Crippen LogP contribution in [0.3, 0.4) is 0 Å². The van der Waals surface area contributed by atoms with E-state index in [1.807, 2.05) is 0 Å². The van der Waals surface area contributed by atoms with Crippen molar-refractivity contribution in [1.82, 2.24) is 9.96 Å². The van der Waals surface area contributed by atoms with Gasteiger partial charge in [-0.15, -0.1) is 4.28 Å². The zero-order chi connectivity index (χ0) is 14.7. The average molecular weight is 327 g/mol. The molecule has 1 aliphatic carbocycles. The van der Waals surface area contributed by atoms with Crippen LogP contribution in [0.25, 0.3) is 0 Å². The minimum atomic E-state index is -4.81. The number of nitrogens with two attached hydrogens (primary N) is 1. The van der Waals surface area contributed by atoms with Crippen LogP contribution >= 0.6 is 0 Å². The molecule has 2 aliphatic heterocycles. The van der Waals surface area contributed by atoms with E-state index in [0.717, 1.165) is 23.3 Å². The largest absolute Gasteiger partial charge is 1.00 e. The third kappa shape index (κ3) is 3.10. The van der Waals surface area contributed by atoms with E-state index in [1.165, 1.54) is 0 Å². The standard InChI is InChI=1S/C10H13N3O6S.Na/c11-9(14)7-3-6(5-1-2-5)8-4-12(7)10(15)13(8)19-20(16,17)18;/h3,5,7-8H,1-2,4H2,(H2,11,14)(H,16,17,18);/q;+1/p+1/t7-,8-;/m0./s1. The van der Waals surface area contributed by atoms with Crippen LogP contribution in [0.15, 0.2) is 11.6 Å². The smallest absolute Gasteiger partial charge is 0.368 e. The van der Waals surface area contributed by atoms with Gasteiger partial charge in [0.1, 0.15) is 12.1 Å². The van der Waals surface area contributed by atoms with Crippen LogP contribution in [0.4, 0.5) is 4.79 Å². The van der Waals surface area contributed by atoms with Crippen molar-refractivity contribution >= 4 is 22.3 Å². The molecule has 1 saturated heterocycles. The Kier molecular flexibility index (Phi) is 4.40. The summed E-state index contributed by atoms with van der Waals surface area (Å²) in [4.78, 5) is 24.6. The Morgan fingerprint density at radius 3 is 2.57 bits per heavy atom. The summed E-state index contributed by atoms with van der Waals surface area (Å²) in [6.45, 7) is 0.115. The molecule has 0 spiro atoms. The first-order chi connectivity index (χ1) is 9.28. The van der Waals surface area contributed by atoms with E-state index in [2.05, 4.69) is 4.28 Å². The molecule has 3 rings (SSSR count). The predicted molar refractivity (Wildman–Crippen MR) is 65.3 cm³/mol. The summed E-state index contributed by atoms with van der Waals surface area (Å²) in [5.74, 6) is -0.494. The fourth-order valence-electron chi connectivity index (χ4n) is 2.70. The molecule has 110 valence electrons. The summed E-state index contributed by atoms with van der Waals surface area (Å²) in [7, 11) is -4.81. The Balaban J connectivity index is 0.00000121. The Hall–Kier alpha value is -0.650. The van der Waals surface area contributed by atoms with Crippen molar-refractivity contribution in [3.05, 3.63) is 11.6 Å². The first-order valence-corrected chi connectivity index (χ1v) is 7.42. The first kappa shape index (κ1) is 16.7. The molecule has 1 saturated carbocycles. The van der Waals surface area contributed by atoms with Gasteiger partial charge < -0.3 is 10.6 Å². The van der Waals surface area contributed by atoms with Gasteiger partial charge in [-0.3, -0.25) is 9.35 Å². The van der Waals surface area contributed by atoms with Gasteiger partial charge in [0.2, 0.25) is 5.91 Å². The molecule has 2 atom stereocenters. The van der Waals surface area contributed by atoms with E-state index in [1.54, 1.807) is 6.08 Å². The van der Waals surface area contributed by atoms with Crippen molar-refractivity contribution in [3.8, 4) is 0 Å². The van der Waals surface area contributed by atoms with Crippen molar-refractivity contribution in [2.45, 2.75) is 24.9 Å². The molecule has 11 heteroatoms. The molecular weight excluding hydrogens is 313 g/mol. The Morgan fingerprint density at radius 1 is 1.48 bits per heavy atom. The number of hydroxylamine groups is 2. The molecule has 9 nitrogen and oxygen atoms in total. The molecule has 3 aliphatic rings. The van der Waals surface area contributed by atoms with Gasteiger partial charge in [-0.25, -0.2) is 4.79 Å². The maximum absolute atomic E-state index is 12.1. The van der Waals surface area contributed by atoms with Gasteiger partial charge in [-0.2, -0.15) is 13.5 Å². The third-order valence-corrected chi connectivity index (χ3v) is 4.02. The van der Waals surface area contributed by atoms with E-state index >= 15 is 0 Å². The van der Waals surface area contributed by atoms with E-state index in [-0.39, 0.29) is 43.4 Å². The van der Waals surface area contributed by atoms with Gasteiger partial charge in [0, 0.05) is 0 Å². The fraction of sp³-hybridized carbons (Fsp3) is 0.600. The number of rotatable bonds is 4. The van der Waals surface area contributed by atoms with Gasteiger partial charge in [0.05, 0.1) is 6.54 Å². The van der Waals surface area contributed by atoms with Gasteiger partial charge in [-0.1, -0.05) is 6.08 Å². The van der Waals surface area contributed by atoms with Crippen molar-refractivity contribution in [1.29, 1.82) is 0 Å². The zero-order valence-corrected chi connectivity index (χ0v) is 14.1. The van der Waals surface area contributed by atoms with E-state index in [9.17, 15) is 18.0 Å². The second-order valence-corrected chi connectivity index (χ2v) is 6.07. The van der Waals surface area contributed by atoms with Crippen LogP contribution in [-0.2, 0) is 19.5 Å². The molecule has 3 N–H and O–H groups in total. The molecule has 21 heavy (non-hydrogen) atoms. The SMILES string of the molecule is NC(=O)[C@@H]1C=C(C2CC2)[C@@H]2CN1C(=O)N2OS(=O)(=O)O.[H+].[Na+]. The number of carbonyl (C=O) groups excluding carboxylic acids is 2. The van der Waals surface area contributed by atoms with Crippen LogP contribution in [0.2, 0.25) is 0 Å². The minimum absolute atomic E-state index is 0. The molecule has 3 amide bonds. The van der Waals surface area contributed by atoms with Crippen LogP contribution in [0.5, 0.6) is 0 Å². The molecule has 2 fully saturated rings. The molecule has 0 unspecified atom stereocenters. The Labute approximate surface area is 144 Å². The van der Waals surface area contributed by atoms with Gasteiger partial charge in [0.25, 0.3) is 0 Å².